The van der Waals surface area contributed by atoms with Crippen LogP contribution >= 0.6 is 0 Å². The van der Waals surface area contributed by atoms with E-state index in [4.69, 9.17) is 9.47 Å². The highest BCUT2D eigenvalue weighted by atomic mass is 16.6. The van der Waals surface area contributed by atoms with Crippen molar-refractivity contribution in [2.75, 3.05) is 7.11 Å². The number of hydrogen-bond donors (Lipinski definition) is 1. The van der Waals surface area contributed by atoms with Gasteiger partial charge in [0.15, 0.2) is 0 Å². The summed E-state index contributed by atoms with van der Waals surface area (Å²) in [6, 6.07) is 7.08. The Morgan fingerprint density at radius 2 is 1.94 bits per heavy atom. The highest BCUT2D eigenvalue weighted by Crippen LogP contribution is 2.41. The van der Waals surface area contributed by atoms with E-state index in [0.29, 0.717) is 18.6 Å². The number of carbonyl (C=O) groups excluding carboxylic acids is 1. The van der Waals surface area contributed by atoms with Crippen LogP contribution in [-0.2, 0) is 9.53 Å². The van der Waals surface area contributed by atoms with Crippen molar-refractivity contribution in [2.45, 2.75) is 31.5 Å². The smallest absolute Gasteiger partial charge is 0.350 e. The van der Waals surface area contributed by atoms with Crippen LogP contribution in [0.4, 0.5) is 0 Å². The summed E-state index contributed by atoms with van der Waals surface area (Å²) in [5.41, 5.74) is 0.0430. The molecule has 17 heavy (non-hydrogen) atoms. The van der Waals surface area contributed by atoms with Crippen molar-refractivity contribution in [2.24, 2.45) is 0 Å². The molecule has 4 heteroatoms. The minimum Gasteiger partial charge on any atom is -0.476 e. The van der Waals surface area contributed by atoms with Gasteiger partial charge in [-0.05, 0) is 24.6 Å². The Labute approximate surface area is 100 Å². The van der Waals surface area contributed by atoms with Crippen LogP contribution in [0.15, 0.2) is 24.3 Å². The van der Waals surface area contributed by atoms with Crippen molar-refractivity contribution in [3.05, 3.63) is 29.8 Å². The fourth-order valence-electron chi connectivity index (χ4n) is 1.69. The van der Waals surface area contributed by atoms with Crippen LogP contribution < -0.4 is 4.74 Å². The minimum absolute atomic E-state index is 0.322. The molecule has 0 heterocycles. The number of rotatable bonds is 4. The van der Waals surface area contributed by atoms with E-state index in [1.165, 1.54) is 7.11 Å². The van der Waals surface area contributed by atoms with E-state index in [1.807, 2.05) is 0 Å². The lowest BCUT2D eigenvalue weighted by Crippen LogP contribution is -2.30. The second kappa shape index (κ2) is 4.37. The lowest BCUT2D eigenvalue weighted by Gasteiger charge is -2.16. The Balaban J connectivity index is 2.07. The molecule has 1 saturated carbocycles. The first-order valence-corrected chi connectivity index (χ1v) is 5.63. The van der Waals surface area contributed by atoms with Crippen LogP contribution in [0.5, 0.6) is 5.75 Å². The topological polar surface area (TPSA) is 55.8 Å². The van der Waals surface area contributed by atoms with Crippen LogP contribution in [0.25, 0.3) is 0 Å². The molecule has 1 aliphatic carbocycles. The molecule has 0 spiro atoms. The number of ether oxygens (including phenoxy) is 2. The summed E-state index contributed by atoms with van der Waals surface area (Å²) in [4.78, 5) is 11.5. The third-order valence-corrected chi connectivity index (χ3v) is 2.94. The fraction of sp³-hybridized carbons (Fsp3) is 0.462. The zero-order valence-electron chi connectivity index (χ0n) is 9.97. The maximum absolute atomic E-state index is 11.5. The third kappa shape index (κ3) is 2.42. The molecule has 1 atom stereocenters. The van der Waals surface area contributed by atoms with E-state index < -0.39 is 11.7 Å². The molecular formula is C13H16O4. The van der Waals surface area contributed by atoms with Gasteiger partial charge in [-0.1, -0.05) is 12.1 Å². The van der Waals surface area contributed by atoms with Crippen molar-refractivity contribution in [3.63, 3.8) is 0 Å². The van der Waals surface area contributed by atoms with E-state index >= 15 is 0 Å². The van der Waals surface area contributed by atoms with Crippen LogP contribution in [0.3, 0.4) is 0 Å². The molecule has 1 unspecified atom stereocenters. The van der Waals surface area contributed by atoms with E-state index in [1.54, 1.807) is 31.2 Å². The van der Waals surface area contributed by atoms with Gasteiger partial charge in [-0.3, -0.25) is 0 Å². The monoisotopic (exact) mass is 236 g/mol. The summed E-state index contributed by atoms with van der Waals surface area (Å²) >= 11 is 0. The molecule has 1 N–H and O–H groups in total. The van der Waals surface area contributed by atoms with E-state index in [9.17, 15) is 9.90 Å². The summed E-state index contributed by atoms with van der Waals surface area (Å²) in [6.07, 6.45) is 0.884. The second-order valence-electron chi connectivity index (χ2n) is 4.33. The summed E-state index contributed by atoms with van der Waals surface area (Å²) in [5.74, 6) is 0.300. The predicted octanol–water partition coefficient (Wildman–Crippen LogP) is 1.82. The molecule has 0 amide bonds. The predicted molar refractivity (Wildman–Crippen MR) is 61.7 cm³/mol. The first kappa shape index (κ1) is 11.9. The average molecular weight is 236 g/mol. The SMILES string of the molecule is COC(=O)C1(Oc2ccc(C(C)O)cc2)CC1. The molecule has 0 aliphatic heterocycles. The van der Waals surface area contributed by atoms with Crippen LogP contribution in [0.2, 0.25) is 0 Å². The van der Waals surface area contributed by atoms with Crippen LogP contribution in [0, 0.1) is 0 Å². The zero-order valence-corrected chi connectivity index (χ0v) is 9.97. The van der Waals surface area contributed by atoms with E-state index in [-0.39, 0.29) is 5.97 Å². The molecular weight excluding hydrogens is 220 g/mol. The molecule has 0 saturated heterocycles. The van der Waals surface area contributed by atoms with Crippen LogP contribution in [0.1, 0.15) is 31.4 Å². The van der Waals surface area contributed by atoms with Crippen molar-refractivity contribution in [3.8, 4) is 5.75 Å². The van der Waals surface area contributed by atoms with Crippen molar-refractivity contribution >= 4 is 5.97 Å². The Bertz CT molecular complexity index is 404. The molecule has 2 rings (SSSR count). The first-order chi connectivity index (χ1) is 8.07. The molecule has 1 aromatic rings. The van der Waals surface area contributed by atoms with Gasteiger partial charge in [0.05, 0.1) is 13.2 Å². The summed E-state index contributed by atoms with van der Waals surface area (Å²) in [5, 5.41) is 9.37. The van der Waals surface area contributed by atoms with Crippen molar-refractivity contribution in [1.82, 2.24) is 0 Å². The molecule has 0 radical (unpaired) electrons. The summed E-state index contributed by atoms with van der Waals surface area (Å²) in [6.45, 7) is 1.70. The maximum atomic E-state index is 11.5. The van der Waals surface area contributed by atoms with Gasteiger partial charge in [0.1, 0.15) is 5.75 Å². The molecule has 1 fully saturated rings. The fourth-order valence-corrected chi connectivity index (χ4v) is 1.69. The zero-order chi connectivity index (χ0) is 12.5. The molecule has 0 aromatic heterocycles. The Hall–Kier alpha value is -1.55. The van der Waals surface area contributed by atoms with Gasteiger partial charge < -0.3 is 14.6 Å². The Kier molecular flexibility index (Phi) is 3.07. The minimum atomic E-state index is -0.777. The number of aliphatic hydroxyl groups excluding tert-OH is 1. The van der Waals surface area contributed by atoms with Gasteiger partial charge in [0.2, 0.25) is 5.60 Å². The van der Waals surface area contributed by atoms with Crippen molar-refractivity contribution in [1.29, 1.82) is 0 Å². The molecule has 1 aromatic carbocycles. The molecule has 92 valence electrons. The molecule has 0 bridgehead atoms. The summed E-state index contributed by atoms with van der Waals surface area (Å²) < 4.78 is 10.4. The maximum Gasteiger partial charge on any atom is 0.350 e. The highest BCUT2D eigenvalue weighted by molar-refractivity contribution is 5.83. The Morgan fingerprint density at radius 3 is 2.35 bits per heavy atom. The quantitative estimate of drug-likeness (QED) is 0.810. The normalized spacial score (nSPS) is 18.3. The Morgan fingerprint density at radius 1 is 1.35 bits per heavy atom. The number of methoxy groups -OCH3 is 1. The number of hydrogen-bond acceptors (Lipinski definition) is 4. The average Bonchev–Trinajstić information content (AvgIpc) is 3.09. The van der Waals surface area contributed by atoms with E-state index in [0.717, 1.165) is 5.56 Å². The van der Waals surface area contributed by atoms with Gasteiger partial charge in [-0.15, -0.1) is 0 Å². The van der Waals surface area contributed by atoms with Gasteiger partial charge >= 0.3 is 5.97 Å². The van der Waals surface area contributed by atoms with Gasteiger partial charge in [0.25, 0.3) is 0 Å². The van der Waals surface area contributed by atoms with Crippen LogP contribution in [-0.4, -0.2) is 23.8 Å². The lowest BCUT2D eigenvalue weighted by atomic mass is 10.1. The molecule has 1 aliphatic rings. The standard InChI is InChI=1S/C13H16O4/c1-9(14)10-3-5-11(6-4-10)17-13(7-8-13)12(15)16-2/h3-6,9,14H,7-8H2,1-2H3. The number of aliphatic hydroxyl groups is 1. The number of esters is 1. The van der Waals surface area contributed by atoms with Gasteiger partial charge in [-0.2, -0.15) is 0 Å². The number of carbonyl (C=O) groups is 1. The van der Waals surface area contributed by atoms with Gasteiger partial charge in [-0.25, -0.2) is 4.79 Å². The summed E-state index contributed by atoms with van der Waals surface area (Å²) in [7, 11) is 1.36. The lowest BCUT2D eigenvalue weighted by molar-refractivity contribution is -0.151. The number of benzene rings is 1. The molecule has 4 nitrogen and oxygen atoms in total. The highest BCUT2D eigenvalue weighted by Gasteiger charge is 2.54. The first-order valence-electron chi connectivity index (χ1n) is 5.63. The van der Waals surface area contributed by atoms with Crippen molar-refractivity contribution < 1.29 is 19.4 Å². The largest absolute Gasteiger partial charge is 0.476 e. The second-order valence-corrected chi connectivity index (χ2v) is 4.33. The third-order valence-electron chi connectivity index (χ3n) is 2.94. The van der Waals surface area contributed by atoms with E-state index in [2.05, 4.69) is 0 Å². The van der Waals surface area contributed by atoms with Gasteiger partial charge in [0, 0.05) is 12.8 Å².